The van der Waals surface area contributed by atoms with E-state index >= 15 is 0 Å². The molecule has 0 fully saturated rings. The Morgan fingerprint density at radius 1 is 0.762 bits per heavy atom. The zero-order valence-electron chi connectivity index (χ0n) is 12.4. The fraction of sp³-hybridized carbons (Fsp3) is 0.375. The topological polar surface area (TPSA) is 25.8 Å². The summed E-state index contributed by atoms with van der Waals surface area (Å²) in [5, 5.41) is 0. The van der Waals surface area contributed by atoms with Crippen molar-refractivity contribution in [2.75, 3.05) is 0 Å². The third-order valence-corrected chi connectivity index (χ3v) is 2.58. The fourth-order valence-electron chi connectivity index (χ4n) is 1.68. The van der Waals surface area contributed by atoms with E-state index in [1.165, 1.54) is 36.8 Å². The van der Waals surface area contributed by atoms with Crippen LogP contribution >= 0.6 is 18.8 Å². The quantitative estimate of drug-likeness (QED) is 0.550. The van der Waals surface area contributed by atoms with E-state index in [4.69, 9.17) is 18.8 Å². The van der Waals surface area contributed by atoms with Gasteiger partial charge in [0.05, 0.1) is 0 Å². The van der Waals surface area contributed by atoms with Crippen molar-refractivity contribution in [3.63, 3.8) is 0 Å². The Bertz CT molecular complexity index is 385. The summed E-state index contributed by atoms with van der Waals surface area (Å²) in [6.07, 6.45) is 12.1. The van der Waals surface area contributed by atoms with Gasteiger partial charge in [0.2, 0.25) is 0 Å². The third kappa shape index (κ3) is 13.0. The van der Waals surface area contributed by atoms with Crippen molar-refractivity contribution in [2.24, 2.45) is 0 Å². The van der Waals surface area contributed by atoms with Gasteiger partial charge in [-0.25, -0.2) is 0 Å². The summed E-state index contributed by atoms with van der Waals surface area (Å²) in [6.45, 7) is 4.36. The zero-order chi connectivity index (χ0) is 15.8. The average Bonchev–Trinajstić information content (AvgIpc) is 2.52. The van der Waals surface area contributed by atoms with E-state index in [-0.39, 0.29) is 0 Å². The standard InChI is InChI=1S/2C8H11N.2ClH.Pt/c2*1-2-3-8-4-6-9-7-5-8;;;/h2*4-7H,2-3H2,1H3;2*1H;/q;;;;+2/p-2. The fourth-order valence-corrected chi connectivity index (χ4v) is 1.68. The minimum absolute atomic E-state index is 0.472. The molecule has 0 amide bonds. The molecule has 0 unspecified atom stereocenters. The van der Waals surface area contributed by atoms with Gasteiger partial charge in [0.15, 0.2) is 0 Å². The zero-order valence-corrected chi connectivity index (χ0v) is 16.2. The van der Waals surface area contributed by atoms with E-state index in [9.17, 15) is 0 Å². The first kappa shape index (κ1) is 20.6. The van der Waals surface area contributed by atoms with Crippen LogP contribution in [-0.2, 0) is 29.3 Å². The molecular formula is C16H22Cl2N2Pt. The number of hydrogen-bond donors (Lipinski definition) is 0. The van der Waals surface area contributed by atoms with Gasteiger partial charge in [-0.3, -0.25) is 9.97 Å². The van der Waals surface area contributed by atoms with Gasteiger partial charge in [0.25, 0.3) is 0 Å². The average molecular weight is 508 g/mol. The second-order valence-electron chi connectivity index (χ2n) is 4.26. The maximum atomic E-state index is 4.88. The molecule has 0 aliphatic carbocycles. The van der Waals surface area contributed by atoms with Crippen LogP contribution in [-0.4, -0.2) is 9.97 Å². The Morgan fingerprint density at radius 2 is 1.05 bits per heavy atom. The first-order chi connectivity index (χ1) is 10.3. The molecule has 0 spiro atoms. The number of hydrogen-bond acceptors (Lipinski definition) is 2. The number of nitrogens with zero attached hydrogens (tertiary/aromatic N) is 2. The van der Waals surface area contributed by atoms with Crippen molar-refractivity contribution in [1.82, 2.24) is 9.97 Å². The molecule has 21 heavy (non-hydrogen) atoms. The molecule has 5 heteroatoms. The number of pyridine rings is 2. The van der Waals surface area contributed by atoms with Crippen LogP contribution in [0.25, 0.3) is 0 Å². The molecule has 120 valence electrons. The molecule has 0 N–H and O–H groups in total. The van der Waals surface area contributed by atoms with Gasteiger partial charge in [-0.05, 0) is 48.2 Å². The first-order valence-corrected chi connectivity index (χ1v) is 12.5. The van der Waals surface area contributed by atoms with Crippen molar-refractivity contribution in [2.45, 2.75) is 39.5 Å². The maximum absolute atomic E-state index is 4.88. The molecule has 0 aromatic carbocycles. The molecule has 0 aliphatic heterocycles. The molecule has 0 saturated carbocycles. The van der Waals surface area contributed by atoms with Gasteiger partial charge in [-0.15, -0.1) is 0 Å². The van der Waals surface area contributed by atoms with Crippen molar-refractivity contribution in [3.8, 4) is 0 Å². The normalized spacial score (nSPS) is 9.14. The Kier molecular flexibility index (Phi) is 15.6. The minimum atomic E-state index is -0.472. The molecule has 0 radical (unpaired) electrons. The Morgan fingerprint density at radius 3 is 1.29 bits per heavy atom. The number of aryl methyl sites for hydroxylation is 2. The summed E-state index contributed by atoms with van der Waals surface area (Å²) in [6, 6.07) is 8.24. The molecule has 0 bridgehead atoms. The van der Waals surface area contributed by atoms with Crippen LogP contribution in [0.15, 0.2) is 49.1 Å². The van der Waals surface area contributed by atoms with E-state index in [2.05, 4.69) is 48.1 Å². The van der Waals surface area contributed by atoms with Gasteiger partial charge >= 0.3 is 35.3 Å². The molecule has 2 aromatic rings. The van der Waals surface area contributed by atoms with Crippen molar-refractivity contribution < 1.29 is 16.5 Å². The third-order valence-electron chi connectivity index (χ3n) is 2.58. The monoisotopic (exact) mass is 507 g/mol. The van der Waals surface area contributed by atoms with Gasteiger partial charge < -0.3 is 0 Å². The molecule has 2 nitrogen and oxygen atoms in total. The SMILES string of the molecule is CCCc1ccncc1.CCCc1ccncc1.[Cl][Pt][Cl]. The van der Waals surface area contributed by atoms with E-state index in [1.807, 2.05) is 24.8 Å². The molecule has 2 aromatic heterocycles. The van der Waals surface area contributed by atoms with Crippen LogP contribution in [0.2, 0.25) is 0 Å². The van der Waals surface area contributed by atoms with Crippen LogP contribution in [0, 0.1) is 0 Å². The summed E-state index contributed by atoms with van der Waals surface area (Å²) < 4.78 is 0. The summed E-state index contributed by atoms with van der Waals surface area (Å²) in [7, 11) is 9.75. The van der Waals surface area contributed by atoms with E-state index in [0.717, 1.165) is 0 Å². The van der Waals surface area contributed by atoms with Crippen LogP contribution in [0.5, 0.6) is 0 Å². The van der Waals surface area contributed by atoms with Gasteiger partial charge in [-0.2, -0.15) is 0 Å². The van der Waals surface area contributed by atoms with Crippen LogP contribution in [0.3, 0.4) is 0 Å². The summed E-state index contributed by atoms with van der Waals surface area (Å²) in [5.74, 6) is 0. The number of halogens is 2. The van der Waals surface area contributed by atoms with E-state index in [0.29, 0.717) is 0 Å². The van der Waals surface area contributed by atoms with E-state index in [1.54, 1.807) is 0 Å². The number of aromatic nitrogens is 2. The molecule has 2 heterocycles. The molecule has 0 saturated heterocycles. The van der Waals surface area contributed by atoms with Crippen LogP contribution < -0.4 is 0 Å². The summed E-state index contributed by atoms with van der Waals surface area (Å²) in [4.78, 5) is 7.86. The molecule has 0 aliphatic rings. The molecular weight excluding hydrogens is 486 g/mol. The van der Waals surface area contributed by atoms with Crippen molar-refractivity contribution in [1.29, 1.82) is 0 Å². The second-order valence-corrected chi connectivity index (χ2v) is 7.54. The van der Waals surface area contributed by atoms with Crippen LogP contribution in [0.1, 0.15) is 37.8 Å². The Balaban J connectivity index is 0.000000322. The predicted molar refractivity (Wildman–Crippen MR) is 88.2 cm³/mol. The predicted octanol–water partition coefficient (Wildman–Crippen LogP) is 5.44. The van der Waals surface area contributed by atoms with Crippen LogP contribution in [0.4, 0.5) is 0 Å². The second kappa shape index (κ2) is 15.9. The summed E-state index contributed by atoms with van der Waals surface area (Å²) in [5.41, 5.74) is 2.76. The number of rotatable bonds is 4. The van der Waals surface area contributed by atoms with E-state index < -0.39 is 16.5 Å². The van der Waals surface area contributed by atoms with Gasteiger partial charge in [0.1, 0.15) is 0 Å². The Hall–Kier alpha value is -0.432. The summed E-state index contributed by atoms with van der Waals surface area (Å²) >= 11 is -0.472. The first-order valence-electron chi connectivity index (χ1n) is 6.88. The van der Waals surface area contributed by atoms with Gasteiger partial charge in [0, 0.05) is 24.8 Å². The molecule has 2 rings (SSSR count). The van der Waals surface area contributed by atoms with Gasteiger partial charge in [-0.1, -0.05) is 26.7 Å². The van der Waals surface area contributed by atoms with Crippen molar-refractivity contribution >= 4 is 18.8 Å². The van der Waals surface area contributed by atoms with Crippen molar-refractivity contribution in [3.05, 3.63) is 60.2 Å². The Labute approximate surface area is 144 Å². The molecule has 0 atom stereocenters.